The molecular formula is C21H23N5O3. The Kier molecular flexibility index (Phi) is 5.65. The highest BCUT2D eigenvalue weighted by Crippen LogP contribution is 2.13. The van der Waals surface area contributed by atoms with Gasteiger partial charge in [-0.05, 0) is 62.5 Å². The minimum atomic E-state index is -0.872. The quantitative estimate of drug-likeness (QED) is 0.415. The molecule has 150 valence electrons. The first-order chi connectivity index (χ1) is 13.8. The number of amidine groups is 1. The van der Waals surface area contributed by atoms with Crippen molar-refractivity contribution in [2.24, 2.45) is 5.73 Å². The van der Waals surface area contributed by atoms with Crippen molar-refractivity contribution in [2.45, 2.75) is 12.5 Å². The number of carboxylic acid groups (broad SMARTS) is 1. The Morgan fingerprint density at radius 3 is 1.93 bits per heavy atom. The smallest absolute Gasteiger partial charge is 0.337 e. The zero-order valence-electron chi connectivity index (χ0n) is 16.2. The van der Waals surface area contributed by atoms with Gasteiger partial charge in [0.2, 0.25) is 0 Å². The third-order valence-electron chi connectivity index (χ3n) is 4.79. The van der Waals surface area contributed by atoms with Crippen molar-refractivity contribution in [1.29, 1.82) is 5.41 Å². The van der Waals surface area contributed by atoms with Crippen molar-refractivity contribution in [1.82, 2.24) is 14.0 Å². The molecule has 0 bridgehead atoms. The Balaban J connectivity index is 1.84. The van der Waals surface area contributed by atoms with Crippen molar-refractivity contribution in [3.63, 3.8) is 0 Å². The van der Waals surface area contributed by atoms with Crippen molar-refractivity contribution in [3.05, 3.63) is 82.5 Å². The van der Waals surface area contributed by atoms with Crippen LogP contribution in [0.25, 0.3) is 11.4 Å². The molecule has 0 radical (unpaired) electrons. The van der Waals surface area contributed by atoms with E-state index in [0.29, 0.717) is 23.4 Å². The minimum Gasteiger partial charge on any atom is -0.480 e. The van der Waals surface area contributed by atoms with Crippen LogP contribution in [0.5, 0.6) is 0 Å². The summed E-state index contributed by atoms with van der Waals surface area (Å²) in [5.41, 5.74) is 8.06. The van der Waals surface area contributed by atoms with Crippen LogP contribution in [-0.4, -0.2) is 51.1 Å². The molecule has 2 aromatic carbocycles. The first-order valence-electron chi connectivity index (χ1n) is 9.01. The van der Waals surface area contributed by atoms with Crippen LogP contribution in [0.4, 0.5) is 0 Å². The number of nitrogen functional groups attached to an aromatic ring is 1. The fourth-order valence-corrected chi connectivity index (χ4v) is 3.08. The predicted molar refractivity (Wildman–Crippen MR) is 111 cm³/mol. The summed E-state index contributed by atoms with van der Waals surface area (Å²) in [7, 11) is 3.47. The lowest BCUT2D eigenvalue weighted by molar-refractivity contribution is -0.142. The standard InChI is InChI=1S/C21H23N5O3/c1-24(2)18(20(27)28)13-14-3-7-16(8-4-14)25-11-12-26(21(25)29)17-9-5-15(6-10-17)19(22)23/h3-12,18H,13H2,1-2H3,(H3,22,23)(H,27,28). The molecule has 0 fully saturated rings. The maximum absolute atomic E-state index is 12.8. The summed E-state index contributed by atoms with van der Waals surface area (Å²) in [6, 6.07) is 13.5. The lowest BCUT2D eigenvalue weighted by Gasteiger charge is -2.20. The molecule has 1 unspecified atom stereocenters. The number of carboxylic acids is 1. The third-order valence-corrected chi connectivity index (χ3v) is 4.79. The number of rotatable bonds is 7. The molecule has 1 atom stereocenters. The average Bonchev–Trinajstić information content (AvgIpc) is 3.07. The highest BCUT2D eigenvalue weighted by molar-refractivity contribution is 5.95. The van der Waals surface area contributed by atoms with Gasteiger partial charge in [0.15, 0.2) is 0 Å². The van der Waals surface area contributed by atoms with Gasteiger partial charge in [-0.1, -0.05) is 12.1 Å². The Morgan fingerprint density at radius 2 is 1.52 bits per heavy atom. The second kappa shape index (κ2) is 8.15. The van der Waals surface area contributed by atoms with Gasteiger partial charge in [-0.2, -0.15) is 0 Å². The van der Waals surface area contributed by atoms with Gasteiger partial charge < -0.3 is 10.8 Å². The normalized spacial score (nSPS) is 12.1. The van der Waals surface area contributed by atoms with Crippen LogP contribution >= 0.6 is 0 Å². The van der Waals surface area contributed by atoms with Gasteiger partial charge in [-0.25, -0.2) is 4.79 Å². The lowest BCUT2D eigenvalue weighted by atomic mass is 10.0. The molecule has 0 saturated carbocycles. The van der Waals surface area contributed by atoms with Gasteiger partial charge in [0.25, 0.3) is 0 Å². The van der Waals surface area contributed by atoms with Gasteiger partial charge >= 0.3 is 11.7 Å². The molecule has 0 saturated heterocycles. The van der Waals surface area contributed by atoms with Gasteiger partial charge in [0.05, 0.1) is 11.4 Å². The average molecular weight is 393 g/mol. The van der Waals surface area contributed by atoms with Gasteiger partial charge in [0.1, 0.15) is 11.9 Å². The predicted octanol–water partition coefficient (Wildman–Crippen LogP) is 1.47. The number of nitrogens with one attached hydrogen (secondary N) is 1. The molecule has 29 heavy (non-hydrogen) atoms. The van der Waals surface area contributed by atoms with Crippen LogP contribution in [0.1, 0.15) is 11.1 Å². The van der Waals surface area contributed by atoms with E-state index in [2.05, 4.69) is 0 Å². The molecule has 0 aliphatic carbocycles. The maximum atomic E-state index is 12.8. The summed E-state index contributed by atoms with van der Waals surface area (Å²) in [6.45, 7) is 0. The number of aromatic nitrogens is 2. The Labute approximate surface area is 167 Å². The Bertz CT molecular complexity index is 1080. The lowest BCUT2D eigenvalue weighted by Crippen LogP contribution is -2.37. The molecule has 3 aromatic rings. The van der Waals surface area contributed by atoms with Crippen molar-refractivity contribution < 1.29 is 9.90 Å². The van der Waals surface area contributed by atoms with Gasteiger partial charge in [-0.3, -0.25) is 24.2 Å². The van der Waals surface area contributed by atoms with Crippen LogP contribution in [0.2, 0.25) is 0 Å². The van der Waals surface area contributed by atoms with Crippen molar-refractivity contribution in [2.75, 3.05) is 14.1 Å². The molecule has 4 N–H and O–H groups in total. The first-order valence-corrected chi connectivity index (χ1v) is 9.01. The summed E-state index contributed by atoms with van der Waals surface area (Å²) in [4.78, 5) is 25.8. The van der Waals surface area contributed by atoms with Crippen LogP contribution in [0.3, 0.4) is 0 Å². The second-order valence-corrected chi connectivity index (χ2v) is 6.97. The number of imidazole rings is 1. The number of carbonyl (C=O) groups is 1. The number of likely N-dealkylation sites (N-methyl/N-ethyl adjacent to an activating group) is 1. The molecule has 8 heteroatoms. The summed E-state index contributed by atoms with van der Waals surface area (Å²) < 4.78 is 3.02. The number of nitrogens with zero attached hydrogens (tertiary/aromatic N) is 3. The maximum Gasteiger partial charge on any atom is 0.337 e. The van der Waals surface area contributed by atoms with Crippen molar-refractivity contribution in [3.8, 4) is 11.4 Å². The van der Waals surface area contributed by atoms with E-state index in [1.807, 2.05) is 12.1 Å². The van der Waals surface area contributed by atoms with Gasteiger partial charge in [-0.15, -0.1) is 0 Å². The molecule has 0 aliphatic heterocycles. The minimum absolute atomic E-state index is 0.0269. The zero-order valence-corrected chi connectivity index (χ0v) is 16.2. The molecule has 1 heterocycles. The highest BCUT2D eigenvalue weighted by atomic mass is 16.4. The van der Waals surface area contributed by atoms with E-state index < -0.39 is 12.0 Å². The van der Waals surface area contributed by atoms with Crippen LogP contribution < -0.4 is 11.4 Å². The molecule has 8 nitrogen and oxygen atoms in total. The van der Waals surface area contributed by atoms with E-state index in [-0.39, 0.29) is 11.5 Å². The molecular weight excluding hydrogens is 370 g/mol. The first kappa shape index (κ1) is 20.1. The van der Waals surface area contributed by atoms with Crippen LogP contribution in [-0.2, 0) is 11.2 Å². The fourth-order valence-electron chi connectivity index (χ4n) is 3.08. The monoisotopic (exact) mass is 393 g/mol. The molecule has 3 rings (SSSR count). The van der Waals surface area contributed by atoms with E-state index in [1.165, 1.54) is 9.13 Å². The SMILES string of the molecule is CN(C)C(Cc1ccc(-n2ccn(-c3ccc(C(=N)N)cc3)c2=O)cc1)C(=O)O. The molecule has 0 amide bonds. The Morgan fingerprint density at radius 1 is 1.03 bits per heavy atom. The summed E-state index contributed by atoms with van der Waals surface area (Å²) in [5, 5.41) is 16.8. The van der Waals surface area contributed by atoms with E-state index in [0.717, 1.165) is 5.56 Å². The molecule has 0 spiro atoms. The third kappa shape index (κ3) is 4.27. The second-order valence-electron chi connectivity index (χ2n) is 6.97. The zero-order chi connectivity index (χ0) is 21.1. The van der Waals surface area contributed by atoms with E-state index in [4.69, 9.17) is 11.1 Å². The van der Waals surface area contributed by atoms with Crippen molar-refractivity contribution >= 4 is 11.8 Å². The Hall–Kier alpha value is -3.65. The number of hydrogen-bond acceptors (Lipinski definition) is 4. The number of benzene rings is 2. The topological polar surface area (TPSA) is 117 Å². The number of aliphatic carboxylic acids is 1. The van der Waals surface area contributed by atoms with E-state index in [9.17, 15) is 14.7 Å². The van der Waals surface area contributed by atoms with Gasteiger partial charge in [0, 0.05) is 18.0 Å². The number of hydrogen-bond donors (Lipinski definition) is 3. The number of nitrogens with two attached hydrogens (primary N) is 1. The van der Waals surface area contributed by atoms with E-state index >= 15 is 0 Å². The summed E-state index contributed by atoms with van der Waals surface area (Å²) in [6.07, 6.45) is 3.72. The highest BCUT2D eigenvalue weighted by Gasteiger charge is 2.20. The largest absolute Gasteiger partial charge is 0.480 e. The van der Waals surface area contributed by atoms with Crippen LogP contribution in [0.15, 0.2) is 65.7 Å². The summed E-state index contributed by atoms with van der Waals surface area (Å²) >= 11 is 0. The van der Waals surface area contributed by atoms with E-state index in [1.54, 1.807) is 67.8 Å². The summed E-state index contributed by atoms with van der Waals surface area (Å²) in [5.74, 6) is -0.899. The van der Waals surface area contributed by atoms with Crippen LogP contribution in [0, 0.1) is 5.41 Å². The fraction of sp³-hybridized carbons (Fsp3) is 0.190. The molecule has 0 aliphatic rings. The molecule has 1 aromatic heterocycles.